The second-order valence-electron chi connectivity index (χ2n) is 14.1. The van der Waals surface area contributed by atoms with Crippen LogP contribution in [0.15, 0.2) is 95.5 Å². The summed E-state index contributed by atoms with van der Waals surface area (Å²) in [5.74, 6) is 0. The maximum atomic E-state index is 7.38. The van der Waals surface area contributed by atoms with Crippen molar-refractivity contribution in [3.05, 3.63) is 134 Å². The predicted molar refractivity (Wildman–Crippen MR) is 182 cm³/mol. The Bertz CT molecular complexity index is 2090. The fourth-order valence-electron chi connectivity index (χ4n) is 7.59. The zero-order valence-corrected chi connectivity index (χ0v) is 27.2. The molecule has 0 fully saturated rings. The molecule has 2 aliphatic rings. The first kappa shape index (κ1) is 26.3. The van der Waals surface area contributed by atoms with Gasteiger partial charge in [-0.15, -0.1) is 0 Å². The van der Waals surface area contributed by atoms with Crippen LogP contribution in [-0.4, -0.2) is 4.57 Å². The molecule has 1 aliphatic carbocycles. The first-order valence-corrected chi connectivity index (χ1v) is 15.9. The van der Waals surface area contributed by atoms with E-state index in [1.807, 2.05) is 0 Å². The molecule has 3 heteroatoms. The second kappa shape index (κ2) is 8.40. The van der Waals surface area contributed by atoms with E-state index in [1.54, 1.807) is 0 Å². The van der Waals surface area contributed by atoms with Gasteiger partial charge in [0.1, 0.15) is 0 Å². The quantitative estimate of drug-likeness (QED) is 0.157. The number of nitrogens with zero attached hydrogens (tertiary/aromatic N) is 1. The van der Waals surface area contributed by atoms with Gasteiger partial charge in [0, 0.05) is 15.2 Å². The van der Waals surface area contributed by atoms with Crippen molar-refractivity contribution in [3.63, 3.8) is 0 Å². The molecule has 0 bridgehead atoms. The van der Waals surface area contributed by atoms with Crippen molar-refractivity contribution < 1.29 is 0 Å². The van der Waals surface area contributed by atoms with Crippen LogP contribution in [0.1, 0.15) is 74.9 Å². The number of halogens is 2. The van der Waals surface area contributed by atoms with E-state index < -0.39 is 5.41 Å². The molecule has 0 atom stereocenters. The van der Waals surface area contributed by atoms with Crippen molar-refractivity contribution in [2.45, 2.75) is 57.8 Å². The highest BCUT2D eigenvalue weighted by atomic mass is 79.9. The maximum absolute atomic E-state index is 7.38. The molecule has 0 amide bonds. The minimum atomic E-state index is -0.496. The van der Waals surface area contributed by atoms with E-state index in [0.29, 0.717) is 0 Å². The van der Waals surface area contributed by atoms with Crippen molar-refractivity contribution in [2.75, 3.05) is 0 Å². The van der Waals surface area contributed by atoms with Gasteiger partial charge in [0.2, 0.25) is 0 Å². The van der Waals surface area contributed by atoms with Gasteiger partial charge in [0.15, 0.2) is 0 Å². The van der Waals surface area contributed by atoms with Gasteiger partial charge in [-0.25, -0.2) is 0 Å². The number of fused-ring (bicyclic) bond motifs is 12. The van der Waals surface area contributed by atoms with Crippen molar-refractivity contribution in [1.82, 2.24) is 4.57 Å². The van der Waals surface area contributed by atoms with E-state index >= 15 is 0 Å². The van der Waals surface area contributed by atoms with Crippen molar-refractivity contribution >= 4 is 49.3 Å². The average molecular weight is 631 g/mol. The third-order valence-corrected chi connectivity index (χ3v) is 10.9. The van der Waals surface area contributed by atoms with Crippen LogP contribution in [0.4, 0.5) is 0 Å². The molecule has 0 N–H and O–H groups in total. The lowest BCUT2D eigenvalue weighted by Gasteiger charge is -2.40. The average Bonchev–Trinajstić information content (AvgIpc) is 3.44. The fraction of sp³-hybridized carbons (Fsp3) is 0.231. The highest BCUT2D eigenvalue weighted by molar-refractivity contribution is 9.10. The summed E-state index contributed by atoms with van der Waals surface area (Å²) in [6.07, 6.45) is 0. The molecule has 1 aliphatic heterocycles. The summed E-state index contributed by atoms with van der Waals surface area (Å²) < 4.78 is 3.37. The Labute approximate surface area is 261 Å². The maximum Gasteiger partial charge on any atom is 0.0792 e. The van der Waals surface area contributed by atoms with Gasteiger partial charge in [-0.3, -0.25) is 0 Å². The topological polar surface area (TPSA) is 4.93 Å². The Kier molecular flexibility index (Phi) is 5.26. The van der Waals surface area contributed by atoms with E-state index in [0.717, 1.165) is 15.2 Å². The Morgan fingerprint density at radius 3 is 1.83 bits per heavy atom. The van der Waals surface area contributed by atoms with Crippen LogP contribution in [-0.2, 0) is 16.2 Å². The molecule has 1 spiro atoms. The number of hydrogen-bond acceptors (Lipinski definition) is 0. The monoisotopic (exact) mass is 629 g/mol. The lowest BCUT2D eigenvalue weighted by molar-refractivity contribution is 0.588. The minimum Gasteiger partial charge on any atom is -0.307 e. The third kappa shape index (κ3) is 3.20. The summed E-state index contributed by atoms with van der Waals surface area (Å²) in [5, 5.41) is 3.32. The number of rotatable bonds is 0. The molecule has 208 valence electrons. The molecule has 1 aromatic heterocycles. The van der Waals surface area contributed by atoms with Gasteiger partial charge < -0.3 is 4.57 Å². The number of aromatic nitrogens is 1. The first-order valence-electron chi connectivity index (χ1n) is 14.8. The van der Waals surface area contributed by atoms with Crippen LogP contribution < -0.4 is 0 Å². The van der Waals surface area contributed by atoms with Crippen molar-refractivity contribution in [1.29, 1.82) is 0 Å². The normalized spacial score (nSPS) is 14.9. The number of benzene rings is 5. The standard InChI is InChI=1S/C39H33BrClN/c1-37(2,3)22-15-18-33-26(19-22)27-20-23(38(4,5)6)21-31-35(27)42(33)36-30(16-17-32(40)34(36)41)39(31)28-13-9-7-11-24(28)25-12-8-10-14-29(25)39/h7-21H,1-6H3. The Hall–Kier alpha value is -3.33. The smallest absolute Gasteiger partial charge is 0.0792 e. The van der Waals surface area contributed by atoms with Crippen molar-refractivity contribution in [3.8, 4) is 16.8 Å². The molecule has 0 saturated carbocycles. The first-order chi connectivity index (χ1) is 19.9. The largest absolute Gasteiger partial charge is 0.307 e. The molecular weight excluding hydrogens is 598 g/mol. The van der Waals surface area contributed by atoms with E-state index in [9.17, 15) is 0 Å². The highest BCUT2D eigenvalue weighted by Gasteiger charge is 2.51. The van der Waals surface area contributed by atoms with Gasteiger partial charge in [0.25, 0.3) is 0 Å². The molecule has 2 heterocycles. The van der Waals surface area contributed by atoms with Crippen LogP contribution in [0.3, 0.4) is 0 Å². The molecular formula is C39H33BrClN. The Balaban J connectivity index is 1.69. The lowest BCUT2D eigenvalue weighted by Crippen LogP contribution is -2.34. The van der Waals surface area contributed by atoms with E-state index in [-0.39, 0.29) is 10.8 Å². The fourth-order valence-corrected chi connectivity index (χ4v) is 8.16. The zero-order valence-electron chi connectivity index (χ0n) is 24.9. The summed E-state index contributed by atoms with van der Waals surface area (Å²) in [4.78, 5) is 0. The van der Waals surface area contributed by atoms with Gasteiger partial charge >= 0.3 is 0 Å². The highest BCUT2D eigenvalue weighted by Crippen LogP contribution is 2.62. The zero-order chi connectivity index (χ0) is 29.3. The lowest BCUT2D eigenvalue weighted by atomic mass is 9.64. The van der Waals surface area contributed by atoms with Crippen LogP contribution in [0, 0.1) is 0 Å². The van der Waals surface area contributed by atoms with Crippen LogP contribution >= 0.6 is 27.5 Å². The summed E-state index contributed by atoms with van der Waals surface area (Å²) in [6, 6.07) is 34.4. The molecule has 8 rings (SSSR count). The molecule has 42 heavy (non-hydrogen) atoms. The van der Waals surface area contributed by atoms with E-state index in [4.69, 9.17) is 11.6 Å². The van der Waals surface area contributed by atoms with Gasteiger partial charge in [-0.1, -0.05) is 120 Å². The minimum absolute atomic E-state index is 0.0305. The predicted octanol–water partition coefficient (Wildman–Crippen LogP) is 11.5. The van der Waals surface area contributed by atoms with Crippen LogP contribution in [0.25, 0.3) is 38.6 Å². The van der Waals surface area contributed by atoms with Crippen LogP contribution in [0.2, 0.25) is 5.02 Å². The van der Waals surface area contributed by atoms with Gasteiger partial charge in [-0.2, -0.15) is 0 Å². The molecule has 6 aromatic rings. The summed E-state index contributed by atoms with van der Waals surface area (Å²) in [7, 11) is 0. The molecule has 0 saturated heterocycles. The summed E-state index contributed by atoms with van der Waals surface area (Å²) in [5.41, 5.74) is 13.5. The van der Waals surface area contributed by atoms with E-state index in [2.05, 4.69) is 153 Å². The molecule has 1 nitrogen and oxygen atoms in total. The molecule has 0 radical (unpaired) electrons. The van der Waals surface area contributed by atoms with Gasteiger partial charge in [-0.05, 0) is 95.5 Å². The molecule has 0 unspecified atom stereocenters. The van der Waals surface area contributed by atoms with Crippen molar-refractivity contribution in [2.24, 2.45) is 0 Å². The van der Waals surface area contributed by atoms with E-state index in [1.165, 1.54) is 66.3 Å². The summed E-state index contributed by atoms with van der Waals surface area (Å²) in [6.45, 7) is 13.9. The number of hydrogen-bond donors (Lipinski definition) is 0. The molecule has 5 aromatic carbocycles. The Morgan fingerprint density at radius 2 is 1.21 bits per heavy atom. The van der Waals surface area contributed by atoms with Crippen LogP contribution in [0.5, 0.6) is 0 Å². The third-order valence-electron chi connectivity index (χ3n) is 9.65. The SMILES string of the molecule is CC(C)(C)c1ccc2c(c1)c1cc(C(C)(C)C)cc3c1n2-c1c(ccc(Br)c1Cl)C31c2ccccc2-c2ccccc21. The van der Waals surface area contributed by atoms with Gasteiger partial charge in [0.05, 0.1) is 27.2 Å². The Morgan fingerprint density at radius 1 is 0.619 bits per heavy atom. The summed E-state index contributed by atoms with van der Waals surface area (Å²) >= 11 is 11.2. The second-order valence-corrected chi connectivity index (χ2v) is 15.3.